The van der Waals surface area contributed by atoms with Crippen molar-refractivity contribution in [1.29, 1.82) is 0 Å². The Hall–Kier alpha value is -3.71. The highest BCUT2D eigenvalue weighted by Gasteiger charge is 2.25. The molecule has 7 heteroatoms. The minimum atomic E-state index is -3.83. The maximum atomic E-state index is 13.4. The summed E-state index contributed by atoms with van der Waals surface area (Å²) in [6.45, 7) is 1.43. The van der Waals surface area contributed by atoms with Crippen molar-refractivity contribution in [2.75, 3.05) is 5.32 Å². The van der Waals surface area contributed by atoms with Crippen molar-refractivity contribution in [1.82, 2.24) is 9.97 Å². The Labute approximate surface area is 174 Å². The number of aromatic nitrogens is 2. The Morgan fingerprint density at radius 1 is 0.933 bits per heavy atom. The van der Waals surface area contributed by atoms with E-state index in [0.29, 0.717) is 16.8 Å². The number of fused-ring (bicyclic) bond motifs is 1. The fourth-order valence-corrected chi connectivity index (χ4v) is 4.50. The van der Waals surface area contributed by atoms with Gasteiger partial charge < -0.3 is 10.3 Å². The fourth-order valence-electron chi connectivity index (χ4n) is 3.09. The maximum Gasteiger partial charge on any atom is 0.221 e. The molecule has 0 aliphatic rings. The third-order valence-corrected chi connectivity index (χ3v) is 6.28. The van der Waals surface area contributed by atoms with Gasteiger partial charge in [-0.1, -0.05) is 42.5 Å². The van der Waals surface area contributed by atoms with Gasteiger partial charge in [0.25, 0.3) is 0 Å². The first-order valence-electron chi connectivity index (χ1n) is 9.28. The molecule has 4 rings (SSSR count). The zero-order chi connectivity index (χ0) is 21.1. The van der Waals surface area contributed by atoms with Crippen LogP contribution in [0, 0.1) is 0 Å². The second-order valence-corrected chi connectivity index (χ2v) is 8.65. The van der Waals surface area contributed by atoms with Crippen LogP contribution in [0.1, 0.15) is 18.3 Å². The molecule has 0 atom stereocenters. The second kappa shape index (κ2) is 7.96. The zero-order valence-electron chi connectivity index (χ0n) is 16.2. The molecular weight excluding hydrogens is 398 g/mol. The summed E-state index contributed by atoms with van der Waals surface area (Å²) in [5.41, 5.74) is 2.74. The number of carbonyl (C=O) groups excluding carboxylic acids is 1. The average molecular weight is 417 g/mol. The van der Waals surface area contributed by atoms with Crippen LogP contribution >= 0.6 is 0 Å². The van der Waals surface area contributed by atoms with Crippen molar-refractivity contribution in [3.05, 3.63) is 90.3 Å². The molecule has 0 saturated carbocycles. The van der Waals surface area contributed by atoms with E-state index >= 15 is 0 Å². The van der Waals surface area contributed by atoms with E-state index in [9.17, 15) is 13.2 Å². The predicted octanol–water partition coefficient (Wildman–Crippen LogP) is 4.49. The molecule has 0 aliphatic carbocycles. The molecule has 4 aromatic rings. The number of sulfone groups is 1. The lowest BCUT2D eigenvalue weighted by molar-refractivity contribution is -0.114. The third kappa shape index (κ3) is 4.01. The molecule has 3 aromatic carbocycles. The summed E-state index contributed by atoms with van der Waals surface area (Å²) in [7, 11) is -3.83. The maximum absolute atomic E-state index is 13.4. The lowest BCUT2D eigenvalue weighted by atomic mass is 10.2. The summed E-state index contributed by atoms with van der Waals surface area (Å²) in [6.07, 6.45) is 1.58. The van der Waals surface area contributed by atoms with E-state index in [0.717, 1.165) is 5.52 Å². The Bertz CT molecular complexity index is 1310. The quantitative estimate of drug-likeness (QED) is 0.500. The Morgan fingerprint density at radius 3 is 2.27 bits per heavy atom. The minimum Gasteiger partial charge on any atom is -0.337 e. The van der Waals surface area contributed by atoms with E-state index in [-0.39, 0.29) is 21.5 Å². The molecule has 0 fully saturated rings. The van der Waals surface area contributed by atoms with E-state index < -0.39 is 9.84 Å². The number of anilines is 1. The first-order valence-corrected chi connectivity index (χ1v) is 10.8. The van der Waals surface area contributed by atoms with Crippen molar-refractivity contribution < 1.29 is 13.2 Å². The van der Waals surface area contributed by atoms with Gasteiger partial charge in [-0.2, -0.15) is 0 Å². The van der Waals surface area contributed by atoms with Gasteiger partial charge in [-0.25, -0.2) is 13.4 Å². The number of aromatic amines is 1. The predicted molar refractivity (Wildman–Crippen MR) is 118 cm³/mol. The molecule has 1 aromatic heterocycles. The summed E-state index contributed by atoms with van der Waals surface area (Å²) < 4.78 is 26.9. The van der Waals surface area contributed by atoms with Gasteiger partial charge in [0.15, 0.2) is 0 Å². The number of nitrogens with one attached hydrogen (secondary N) is 2. The van der Waals surface area contributed by atoms with Crippen LogP contribution in [0.2, 0.25) is 0 Å². The molecule has 0 radical (unpaired) electrons. The molecule has 0 saturated heterocycles. The smallest absolute Gasteiger partial charge is 0.221 e. The third-order valence-electron chi connectivity index (χ3n) is 4.49. The summed E-state index contributed by atoms with van der Waals surface area (Å²) in [5.74, 6) is 0.0962. The molecule has 1 heterocycles. The number of H-pyrrole nitrogens is 1. The standard InChI is InChI=1S/C23H19N3O3S/c1-16(27)24-18-13-11-17(12-14-18)15-22(30(28,29)19-7-3-2-4-8-19)23-25-20-9-5-6-10-21(20)26-23/h2-15H,1H3,(H,24,27)(H,25,26). The summed E-state index contributed by atoms with van der Waals surface area (Å²) in [4.78, 5) is 19.1. The second-order valence-electron chi connectivity index (χ2n) is 6.73. The van der Waals surface area contributed by atoms with Crippen LogP contribution in [0.4, 0.5) is 5.69 Å². The van der Waals surface area contributed by atoms with Crippen LogP contribution < -0.4 is 5.32 Å². The molecule has 2 N–H and O–H groups in total. The van der Waals surface area contributed by atoms with Gasteiger partial charge in [0.1, 0.15) is 10.7 Å². The van der Waals surface area contributed by atoms with Crippen LogP contribution in [0.25, 0.3) is 22.0 Å². The van der Waals surface area contributed by atoms with Crippen molar-refractivity contribution in [3.8, 4) is 0 Å². The normalized spacial score (nSPS) is 12.1. The summed E-state index contributed by atoms with van der Waals surface area (Å²) in [6, 6.07) is 22.6. The number of para-hydroxylation sites is 2. The SMILES string of the molecule is CC(=O)Nc1ccc(C=C(c2nc3ccccc3[nH]2)S(=O)(=O)c2ccccc2)cc1. The lowest BCUT2D eigenvalue weighted by Crippen LogP contribution is -2.06. The van der Waals surface area contributed by atoms with E-state index in [1.807, 2.05) is 24.3 Å². The highest BCUT2D eigenvalue weighted by atomic mass is 32.2. The van der Waals surface area contributed by atoms with Crippen molar-refractivity contribution >= 4 is 43.4 Å². The number of hydrogen-bond donors (Lipinski definition) is 2. The van der Waals surface area contributed by atoms with Gasteiger partial charge in [-0.15, -0.1) is 0 Å². The van der Waals surface area contributed by atoms with Crippen LogP contribution in [0.3, 0.4) is 0 Å². The number of rotatable bonds is 5. The minimum absolute atomic E-state index is 0.0668. The molecule has 30 heavy (non-hydrogen) atoms. The summed E-state index contributed by atoms with van der Waals surface area (Å²) in [5, 5.41) is 2.69. The van der Waals surface area contributed by atoms with E-state index in [1.165, 1.54) is 6.92 Å². The molecule has 0 spiro atoms. The van der Waals surface area contributed by atoms with E-state index in [1.54, 1.807) is 60.7 Å². The Kier molecular flexibility index (Phi) is 5.20. The Morgan fingerprint density at radius 2 is 1.60 bits per heavy atom. The van der Waals surface area contributed by atoms with Crippen LogP contribution in [-0.4, -0.2) is 24.3 Å². The largest absolute Gasteiger partial charge is 0.337 e. The number of hydrogen-bond acceptors (Lipinski definition) is 4. The molecular formula is C23H19N3O3S. The van der Waals surface area contributed by atoms with E-state index in [2.05, 4.69) is 15.3 Å². The van der Waals surface area contributed by atoms with Crippen molar-refractivity contribution in [2.45, 2.75) is 11.8 Å². The van der Waals surface area contributed by atoms with Crippen LogP contribution in [0.5, 0.6) is 0 Å². The summed E-state index contributed by atoms with van der Waals surface area (Å²) >= 11 is 0. The zero-order valence-corrected chi connectivity index (χ0v) is 17.0. The number of benzene rings is 3. The monoisotopic (exact) mass is 417 g/mol. The van der Waals surface area contributed by atoms with Gasteiger partial charge in [-0.3, -0.25) is 4.79 Å². The van der Waals surface area contributed by atoms with Gasteiger partial charge in [-0.05, 0) is 48.0 Å². The van der Waals surface area contributed by atoms with Gasteiger partial charge >= 0.3 is 0 Å². The van der Waals surface area contributed by atoms with Crippen molar-refractivity contribution in [3.63, 3.8) is 0 Å². The Balaban J connectivity index is 1.85. The topological polar surface area (TPSA) is 91.9 Å². The highest BCUT2D eigenvalue weighted by Crippen LogP contribution is 2.30. The number of imidazole rings is 1. The molecule has 0 aliphatic heterocycles. The number of carbonyl (C=O) groups is 1. The number of nitrogens with zero attached hydrogens (tertiary/aromatic N) is 1. The lowest BCUT2D eigenvalue weighted by Gasteiger charge is -2.08. The number of amides is 1. The van der Waals surface area contributed by atoms with Gasteiger partial charge in [0.05, 0.1) is 15.9 Å². The van der Waals surface area contributed by atoms with Gasteiger partial charge in [0, 0.05) is 12.6 Å². The average Bonchev–Trinajstić information content (AvgIpc) is 3.17. The first kappa shape index (κ1) is 19.6. The molecule has 0 bridgehead atoms. The highest BCUT2D eigenvalue weighted by molar-refractivity contribution is 8.00. The van der Waals surface area contributed by atoms with Gasteiger partial charge in [0.2, 0.25) is 15.7 Å². The van der Waals surface area contributed by atoms with Crippen LogP contribution in [0.15, 0.2) is 83.8 Å². The molecule has 1 amide bonds. The molecule has 6 nitrogen and oxygen atoms in total. The fraction of sp³-hybridized carbons (Fsp3) is 0.0435. The van der Waals surface area contributed by atoms with Crippen molar-refractivity contribution in [2.24, 2.45) is 0 Å². The van der Waals surface area contributed by atoms with E-state index in [4.69, 9.17) is 0 Å². The first-order chi connectivity index (χ1) is 14.4. The van der Waals surface area contributed by atoms with Crippen LogP contribution in [-0.2, 0) is 14.6 Å². The molecule has 150 valence electrons. The molecule has 0 unspecified atom stereocenters.